The highest BCUT2D eigenvalue weighted by Gasteiger charge is 2.23. The number of aliphatic hydroxyl groups is 1. The van der Waals surface area contributed by atoms with E-state index in [-0.39, 0.29) is 22.2 Å². The molecule has 0 unspecified atom stereocenters. The van der Waals surface area contributed by atoms with E-state index in [4.69, 9.17) is 20.8 Å². The molecule has 10 heteroatoms. The van der Waals surface area contributed by atoms with Crippen LogP contribution in [0.1, 0.15) is 15.4 Å². The smallest absolute Gasteiger partial charge is 0.287 e. The van der Waals surface area contributed by atoms with E-state index in [1.807, 2.05) is 0 Å². The van der Waals surface area contributed by atoms with Crippen LogP contribution < -0.4 is 10.1 Å². The van der Waals surface area contributed by atoms with Crippen LogP contribution >= 0.6 is 22.9 Å². The fraction of sp³-hybridized carbons (Fsp3) is 0.0952. The first-order valence-electron chi connectivity index (χ1n) is 8.97. The number of benzene rings is 2. The summed E-state index contributed by atoms with van der Waals surface area (Å²) in [6.45, 7) is -0.218. The molecule has 0 saturated carbocycles. The van der Waals surface area contributed by atoms with E-state index in [0.717, 1.165) is 11.3 Å². The van der Waals surface area contributed by atoms with Crippen molar-refractivity contribution in [1.29, 1.82) is 0 Å². The number of aliphatic hydroxyl groups excluding tert-OH is 1. The predicted molar refractivity (Wildman–Crippen MR) is 118 cm³/mol. The average molecular weight is 459 g/mol. The third-order valence-corrected chi connectivity index (χ3v) is 6.31. The second-order valence-corrected chi connectivity index (χ2v) is 7.85. The highest BCUT2D eigenvalue weighted by molar-refractivity contribution is 7.22. The van der Waals surface area contributed by atoms with Crippen LogP contribution in [0.3, 0.4) is 0 Å². The second kappa shape index (κ2) is 8.38. The quantitative estimate of drug-likeness (QED) is 0.292. The maximum Gasteiger partial charge on any atom is 0.287 e. The number of non-ortho nitro benzene ring substituents is 1. The lowest BCUT2D eigenvalue weighted by molar-refractivity contribution is -0.382. The monoisotopic (exact) mass is 458 g/mol. The Morgan fingerprint density at radius 1 is 1.29 bits per heavy atom. The van der Waals surface area contributed by atoms with Crippen LogP contribution in [0.4, 0.5) is 11.4 Å². The highest BCUT2D eigenvalue weighted by Crippen LogP contribution is 2.41. The first-order chi connectivity index (χ1) is 14.9. The minimum absolute atomic E-state index is 0.102. The zero-order chi connectivity index (χ0) is 22.1. The third kappa shape index (κ3) is 3.86. The maximum atomic E-state index is 12.8. The van der Waals surface area contributed by atoms with Crippen LogP contribution in [-0.4, -0.2) is 23.0 Å². The Labute approximate surface area is 184 Å². The molecule has 158 valence electrons. The molecule has 0 fully saturated rings. The van der Waals surface area contributed by atoms with Crippen molar-refractivity contribution in [3.63, 3.8) is 0 Å². The Hall–Kier alpha value is -3.40. The highest BCUT2D eigenvalue weighted by atomic mass is 35.5. The zero-order valence-corrected chi connectivity index (χ0v) is 17.6. The number of nitro groups is 1. The first kappa shape index (κ1) is 20.9. The van der Waals surface area contributed by atoms with Crippen molar-refractivity contribution in [3.8, 4) is 17.1 Å². The zero-order valence-electron chi connectivity index (χ0n) is 16.0. The first-order valence-corrected chi connectivity index (χ1v) is 10.2. The summed E-state index contributed by atoms with van der Waals surface area (Å²) in [5.41, 5.74) is 0.994. The summed E-state index contributed by atoms with van der Waals surface area (Å²) in [6, 6.07) is 12.9. The topological polar surface area (TPSA) is 115 Å². The molecule has 4 aromatic rings. The van der Waals surface area contributed by atoms with Crippen molar-refractivity contribution in [3.05, 3.63) is 74.3 Å². The fourth-order valence-corrected chi connectivity index (χ4v) is 4.62. The Morgan fingerprint density at radius 3 is 2.77 bits per heavy atom. The van der Waals surface area contributed by atoms with E-state index in [1.165, 1.54) is 19.2 Å². The number of fused-ring (bicyclic) bond motifs is 1. The summed E-state index contributed by atoms with van der Waals surface area (Å²) in [5.74, 6) is 0.896. The molecule has 0 aliphatic carbocycles. The van der Waals surface area contributed by atoms with Crippen molar-refractivity contribution in [2.45, 2.75) is 6.61 Å². The van der Waals surface area contributed by atoms with E-state index < -0.39 is 10.8 Å². The van der Waals surface area contributed by atoms with Crippen molar-refractivity contribution >= 4 is 50.3 Å². The number of amides is 1. The Bertz CT molecular complexity index is 1310. The number of carbonyl (C=O) groups excluding carboxylic acids is 1. The summed E-state index contributed by atoms with van der Waals surface area (Å²) in [5, 5.41) is 23.8. The van der Waals surface area contributed by atoms with Gasteiger partial charge in [0, 0.05) is 23.2 Å². The minimum atomic E-state index is -0.503. The van der Waals surface area contributed by atoms with Gasteiger partial charge in [0.15, 0.2) is 0 Å². The lowest BCUT2D eigenvalue weighted by Crippen LogP contribution is -2.10. The average Bonchev–Trinajstić information content (AvgIpc) is 3.38. The van der Waals surface area contributed by atoms with Gasteiger partial charge in [-0.1, -0.05) is 23.7 Å². The van der Waals surface area contributed by atoms with Gasteiger partial charge in [-0.2, -0.15) is 0 Å². The lowest BCUT2D eigenvalue weighted by atomic mass is 10.1. The molecule has 2 heterocycles. The van der Waals surface area contributed by atoms with E-state index in [9.17, 15) is 20.0 Å². The molecule has 4 rings (SSSR count). The van der Waals surface area contributed by atoms with Gasteiger partial charge in [0.05, 0.1) is 22.6 Å². The normalized spacial score (nSPS) is 10.9. The molecule has 0 aliphatic heterocycles. The number of nitro benzene ring substituents is 1. The SMILES string of the molecule is COc1cc(NC(=O)c2sc3c([N+](=O)[O-])cccc3c2Cl)ccc1-c1ccc(CO)o1. The third-order valence-electron chi connectivity index (χ3n) is 4.58. The van der Waals surface area contributed by atoms with Crippen LogP contribution in [0.25, 0.3) is 21.4 Å². The van der Waals surface area contributed by atoms with Gasteiger partial charge in [0.2, 0.25) is 0 Å². The summed E-state index contributed by atoms with van der Waals surface area (Å²) in [6.07, 6.45) is 0. The minimum Gasteiger partial charge on any atom is -0.496 e. The van der Waals surface area contributed by atoms with Gasteiger partial charge in [-0.15, -0.1) is 11.3 Å². The van der Waals surface area contributed by atoms with Gasteiger partial charge in [-0.3, -0.25) is 14.9 Å². The van der Waals surface area contributed by atoms with Crippen molar-refractivity contribution in [2.24, 2.45) is 0 Å². The van der Waals surface area contributed by atoms with Crippen LogP contribution in [0.2, 0.25) is 5.02 Å². The number of nitrogens with zero attached hydrogens (tertiary/aromatic N) is 1. The van der Waals surface area contributed by atoms with Gasteiger partial charge in [-0.05, 0) is 24.3 Å². The number of carbonyl (C=O) groups is 1. The van der Waals surface area contributed by atoms with Gasteiger partial charge in [0.1, 0.15) is 33.5 Å². The van der Waals surface area contributed by atoms with Gasteiger partial charge in [-0.25, -0.2) is 0 Å². The second-order valence-electron chi connectivity index (χ2n) is 6.45. The molecular weight excluding hydrogens is 444 g/mol. The van der Waals surface area contributed by atoms with Crippen molar-refractivity contribution < 1.29 is 24.0 Å². The predicted octanol–water partition coefficient (Wildman–Crippen LogP) is 5.48. The molecule has 0 atom stereocenters. The Balaban J connectivity index is 1.65. The molecule has 1 amide bonds. The Kier molecular flexibility index (Phi) is 5.64. The molecule has 0 saturated heterocycles. The molecule has 0 spiro atoms. The number of furan rings is 1. The molecule has 2 aromatic carbocycles. The molecule has 2 aromatic heterocycles. The standard InChI is InChI=1S/C21H15ClN2O6S/c1-29-17-9-11(5-7-13(17)16-8-6-12(10-25)30-16)23-21(26)20-18(22)14-3-2-4-15(24(27)28)19(14)31-20/h2-9,25H,10H2,1H3,(H,23,26). The van der Waals surface area contributed by atoms with E-state index in [1.54, 1.807) is 36.4 Å². The summed E-state index contributed by atoms with van der Waals surface area (Å²) >= 11 is 7.31. The lowest BCUT2D eigenvalue weighted by Gasteiger charge is -2.10. The molecule has 0 bridgehead atoms. The molecular formula is C21H15ClN2O6S. The van der Waals surface area contributed by atoms with E-state index >= 15 is 0 Å². The number of anilines is 1. The van der Waals surface area contributed by atoms with Gasteiger partial charge < -0.3 is 19.6 Å². The number of rotatable bonds is 6. The number of hydrogen-bond acceptors (Lipinski definition) is 7. The number of methoxy groups -OCH3 is 1. The molecule has 8 nitrogen and oxygen atoms in total. The van der Waals surface area contributed by atoms with Gasteiger partial charge in [0.25, 0.3) is 11.6 Å². The molecule has 2 N–H and O–H groups in total. The summed E-state index contributed by atoms with van der Waals surface area (Å²) < 4.78 is 11.3. The number of halogens is 1. The Morgan fingerprint density at radius 2 is 2.10 bits per heavy atom. The van der Waals surface area contributed by atoms with E-state index in [2.05, 4.69) is 5.32 Å². The van der Waals surface area contributed by atoms with Crippen LogP contribution in [0, 0.1) is 10.1 Å². The molecule has 31 heavy (non-hydrogen) atoms. The molecule has 0 aliphatic rings. The van der Waals surface area contributed by atoms with Crippen LogP contribution in [0.5, 0.6) is 5.75 Å². The maximum absolute atomic E-state index is 12.8. The number of ether oxygens (including phenoxy) is 1. The number of hydrogen-bond donors (Lipinski definition) is 2. The van der Waals surface area contributed by atoms with Crippen molar-refractivity contribution in [2.75, 3.05) is 12.4 Å². The largest absolute Gasteiger partial charge is 0.496 e. The summed E-state index contributed by atoms with van der Waals surface area (Å²) in [7, 11) is 1.49. The van der Waals surface area contributed by atoms with Crippen LogP contribution in [0.15, 0.2) is 52.9 Å². The number of thiophene rings is 1. The number of nitrogens with one attached hydrogen (secondary N) is 1. The summed E-state index contributed by atoms with van der Waals surface area (Å²) in [4.78, 5) is 23.8. The van der Waals surface area contributed by atoms with E-state index in [0.29, 0.717) is 38.6 Å². The van der Waals surface area contributed by atoms with Crippen LogP contribution in [-0.2, 0) is 6.61 Å². The molecule has 0 radical (unpaired) electrons. The fourth-order valence-electron chi connectivity index (χ4n) is 3.13. The van der Waals surface area contributed by atoms with Crippen molar-refractivity contribution in [1.82, 2.24) is 0 Å². The van der Waals surface area contributed by atoms with Gasteiger partial charge >= 0.3 is 0 Å².